The highest BCUT2D eigenvalue weighted by Gasteiger charge is 2.17. The minimum atomic E-state index is -0.114. The molecular weight excluding hydrogens is 346 g/mol. The molecule has 6 nitrogen and oxygen atoms in total. The van der Waals surface area contributed by atoms with E-state index >= 15 is 0 Å². The second-order valence-electron chi connectivity index (χ2n) is 6.20. The van der Waals surface area contributed by atoms with Crippen LogP contribution in [0.3, 0.4) is 0 Å². The summed E-state index contributed by atoms with van der Waals surface area (Å²) in [7, 11) is 0. The molecule has 3 heterocycles. The van der Waals surface area contributed by atoms with Crippen molar-refractivity contribution in [2.75, 3.05) is 11.4 Å². The number of rotatable bonds is 4. The quantitative estimate of drug-likeness (QED) is 0.598. The molecule has 0 aliphatic heterocycles. The number of H-pyrrole nitrogens is 1. The molecular formula is C19H19N5OS. The molecule has 132 valence electrons. The monoisotopic (exact) mass is 365 g/mol. The first kappa shape index (κ1) is 16.7. The van der Waals surface area contributed by atoms with E-state index < -0.39 is 0 Å². The SMILES string of the molecule is CCN(Cc1nc2ccccc2c(=O)[nH]1)c1ncnc2sc(C)c(C)c12. The maximum atomic E-state index is 12.3. The average Bonchev–Trinajstić information content (AvgIpc) is 2.94. The van der Waals surface area contributed by atoms with E-state index in [1.54, 1.807) is 23.7 Å². The zero-order valence-corrected chi connectivity index (χ0v) is 15.7. The van der Waals surface area contributed by atoms with E-state index in [9.17, 15) is 4.79 Å². The van der Waals surface area contributed by atoms with Crippen molar-refractivity contribution in [2.45, 2.75) is 27.3 Å². The maximum absolute atomic E-state index is 12.3. The fraction of sp³-hybridized carbons (Fsp3) is 0.263. The molecule has 0 fully saturated rings. The lowest BCUT2D eigenvalue weighted by Gasteiger charge is -2.22. The molecule has 0 radical (unpaired) electrons. The predicted molar refractivity (Wildman–Crippen MR) is 106 cm³/mol. The first-order valence-corrected chi connectivity index (χ1v) is 9.33. The van der Waals surface area contributed by atoms with Crippen LogP contribution in [-0.2, 0) is 6.54 Å². The van der Waals surface area contributed by atoms with Crippen molar-refractivity contribution in [2.24, 2.45) is 0 Å². The molecule has 1 aromatic carbocycles. The summed E-state index contributed by atoms with van der Waals surface area (Å²) >= 11 is 1.68. The zero-order chi connectivity index (χ0) is 18.3. The van der Waals surface area contributed by atoms with E-state index in [-0.39, 0.29) is 5.56 Å². The Morgan fingerprint density at radius 1 is 1.19 bits per heavy atom. The number of hydrogen-bond acceptors (Lipinski definition) is 6. The summed E-state index contributed by atoms with van der Waals surface area (Å²) in [5.74, 6) is 1.52. The number of aryl methyl sites for hydroxylation is 2. The highest BCUT2D eigenvalue weighted by Crippen LogP contribution is 2.34. The Morgan fingerprint density at radius 3 is 2.81 bits per heavy atom. The summed E-state index contributed by atoms with van der Waals surface area (Å²) in [5.41, 5.74) is 1.80. The number of hydrogen-bond donors (Lipinski definition) is 1. The number of anilines is 1. The van der Waals surface area contributed by atoms with E-state index in [1.807, 2.05) is 18.2 Å². The number of aromatic nitrogens is 4. The van der Waals surface area contributed by atoms with Gasteiger partial charge in [-0.05, 0) is 38.5 Å². The first-order chi connectivity index (χ1) is 12.6. The van der Waals surface area contributed by atoms with Gasteiger partial charge in [0.2, 0.25) is 0 Å². The van der Waals surface area contributed by atoms with E-state index in [2.05, 4.69) is 45.6 Å². The number of aromatic amines is 1. The molecule has 4 rings (SSSR count). The van der Waals surface area contributed by atoms with Gasteiger partial charge in [0.25, 0.3) is 5.56 Å². The van der Waals surface area contributed by atoms with E-state index in [1.165, 1.54) is 10.4 Å². The van der Waals surface area contributed by atoms with Crippen LogP contribution in [0.2, 0.25) is 0 Å². The molecule has 0 saturated carbocycles. The van der Waals surface area contributed by atoms with Crippen LogP contribution in [0.25, 0.3) is 21.1 Å². The van der Waals surface area contributed by atoms with Gasteiger partial charge in [0.15, 0.2) is 0 Å². The van der Waals surface area contributed by atoms with Gasteiger partial charge in [0.05, 0.1) is 22.8 Å². The Labute approximate surface area is 154 Å². The van der Waals surface area contributed by atoms with Gasteiger partial charge >= 0.3 is 0 Å². The Kier molecular flexibility index (Phi) is 4.16. The second kappa shape index (κ2) is 6.49. The minimum absolute atomic E-state index is 0.114. The molecule has 26 heavy (non-hydrogen) atoms. The van der Waals surface area contributed by atoms with Gasteiger partial charge in [-0.15, -0.1) is 11.3 Å². The molecule has 0 unspecified atom stereocenters. The number of para-hydroxylation sites is 1. The Balaban J connectivity index is 1.79. The molecule has 0 aliphatic rings. The van der Waals surface area contributed by atoms with Gasteiger partial charge in [-0.25, -0.2) is 15.0 Å². The predicted octanol–water partition coefficient (Wildman–Crippen LogP) is 3.57. The van der Waals surface area contributed by atoms with E-state index in [4.69, 9.17) is 0 Å². The molecule has 7 heteroatoms. The summed E-state index contributed by atoms with van der Waals surface area (Å²) in [5, 5.41) is 1.69. The largest absolute Gasteiger partial charge is 0.349 e. The average molecular weight is 365 g/mol. The van der Waals surface area contributed by atoms with Crippen LogP contribution in [0.4, 0.5) is 5.82 Å². The molecule has 1 N–H and O–H groups in total. The molecule has 0 spiro atoms. The molecule has 0 saturated heterocycles. The van der Waals surface area contributed by atoms with Crippen molar-refractivity contribution in [3.05, 3.63) is 57.2 Å². The summed E-state index contributed by atoms with van der Waals surface area (Å²) in [6.07, 6.45) is 1.60. The van der Waals surface area contributed by atoms with Crippen LogP contribution in [0.15, 0.2) is 35.4 Å². The van der Waals surface area contributed by atoms with Gasteiger partial charge in [0, 0.05) is 11.4 Å². The Bertz CT molecular complexity index is 1160. The van der Waals surface area contributed by atoms with Gasteiger partial charge in [0.1, 0.15) is 22.8 Å². The van der Waals surface area contributed by atoms with Crippen molar-refractivity contribution in [3.63, 3.8) is 0 Å². The van der Waals surface area contributed by atoms with Crippen molar-refractivity contribution >= 4 is 38.3 Å². The van der Waals surface area contributed by atoms with Gasteiger partial charge in [-0.1, -0.05) is 12.1 Å². The van der Waals surface area contributed by atoms with Crippen molar-refractivity contribution in [1.82, 2.24) is 19.9 Å². The zero-order valence-electron chi connectivity index (χ0n) is 14.9. The van der Waals surface area contributed by atoms with Crippen molar-refractivity contribution < 1.29 is 0 Å². The fourth-order valence-corrected chi connectivity index (χ4v) is 4.12. The van der Waals surface area contributed by atoms with Crippen LogP contribution in [0.5, 0.6) is 0 Å². The first-order valence-electron chi connectivity index (χ1n) is 8.52. The topological polar surface area (TPSA) is 74.8 Å². The van der Waals surface area contributed by atoms with E-state index in [0.29, 0.717) is 23.3 Å². The Hall–Kier alpha value is -2.80. The number of fused-ring (bicyclic) bond motifs is 2. The van der Waals surface area contributed by atoms with Crippen LogP contribution in [0.1, 0.15) is 23.2 Å². The number of benzene rings is 1. The van der Waals surface area contributed by atoms with Crippen molar-refractivity contribution in [3.8, 4) is 0 Å². The fourth-order valence-electron chi connectivity index (χ4n) is 3.13. The highest BCUT2D eigenvalue weighted by molar-refractivity contribution is 7.18. The smallest absolute Gasteiger partial charge is 0.258 e. The second-order valence-corrected chi connectivity index (χ2v) is 7.41. The summed E-state index contributed by atoms with van der Waals surface area (Å²) in [6.45, 7) is 7.50. The number of nitrogens with zero attached hydrogens (tertiary/aromatic N) is 4. The van der Waals surface area contributed by atoms with Gasteiger partial charge < -0.3 is 9.88 Å². The molecule has 0 aliphatic carbocycles. The lowest BCUT2D eigenvalue weighted by molar-refractivity contribution is 0.771. The maximum Gasteiger partial charge on any atom is 0.258 e. The Morgan fingerprint density at radius 2 is 2.00 bits per heavy atom. The lowest BCUT2D eigenvalue weighted by atomic mass is 10.2. The van der Waals surface area contributed by atoms with Crippen LogP contribution in [-0.4, -0.2) is 26.5 Å². The van der Waals surface area contributed by atoms with Crippen molar-refractivity contribution in [1.29, 1.82) is 0 Å². The van der Waals surface area contributed by atoms with Gasteiger partial charge in [-0.3, -0.25) is 4.79 Å². The molecule has 0 amide bonds. The molecule has 0 atom stereocenters. The summed E-state index contributed by atoms with van der Waals surface area (Å²) in [6, 6.07) is 7.38. The molecule has 4 aromatic rings. The molecule has 3 aromatic heterocycles. The highest BCUT2D eigenvalue weighted by atomic mass is 32.1. The normalized spacial score (nSPS) is 11.3. The summed E-state index contributed by atoms with van der Waals surface area (Å²) in [4.78, 5) is 33.2. The number of nitrogens with one attached hydrogen (secondary N) is 1. The van der Waals surface area contributed by atoms with Crippen LogP contribution in [0, 0.1) is 13.8 Å². The third-order valence-corrected chi connectivity index (χ3v) is 5.74. The van der Waals surface area contributed by atoms with E-state index in [0.717, 1.165) is 22.6 Å². The summed E-state index contributed by atoms with van der Waals surface area (Å²) < 4.78 is 0. The lowest BCUT2D eigenvalue weighted by Crippen LogP contribution is -2.26. The number of thiophene rings is 1. The minimum Gasteiger partial charge on any atom is -0.349 e. The van der Waals surface area contributed by atoms with Gasteiger partial charge in [-0.2, -0.15) is 0 Å². The third-order valence-electron chi connectivity index (χ3n) is 4.63. The standard InChI is InChI=1S/C19H19N5OS/c1-4-24(17-16-11(2)12(3)26-19(16)21-10-20-17)9-15-22-14-8-6-5-7-13(14)18(25)23-15/h5-8,10H,4,9H2,1-3H3,(H,22,23,25). The van der Waals surface area contributed by atoms with Crippen LogP contribution < -0.4 is 10.5 Å². The molecule has 0 bridgehead atoms. The van der Waals surface area contributed by atoms with Crippen LogP contribution >= 0.6 is 11.3 Å². The third kappa shape index (κ3) is 2.74.